The van der Waals surface area contributed by atoms with Crippen LogP contribution in [-0.2, 0) is 17.9 Å². The molecule has 0 aliphatic heterocycles. The number of hydrogen-bond acceptors (Lipinski definition) is 3. The molecule has 0 bridgehead atoms. The van der Waals surface area contributed by atoms with Gasteiger partial charge in [0.25, 0.3) is 0 Å². The summed E-state index contributed by atoms with van der Waals surface area (Å²) in [4.78, 5) is 2.43. The van der Waals surface area contributed by atoms with E-state index in [0.29, 0.717) is 12.1 Å². The zero-order chi connectivity index (χ0) is 15.1. The van der Waals surface area contributed by atoms with E-state index in [-0.39, 0.29) is 0 Å². The first-order chi connectivity index (χ1) is 10.2. The van der Waals surface area contributed by atoms with Crippen molar-refractivity contribution in [2.45, 2.75) is 50.8 Å². The highest BCUT2D eigenvalue weighted by Crippen LogP contribution is 2.31. The van der Waals surface area contributed by atoms with Gasteiger partial charge in [-0.25, -0.2) is 0 Å². The molecule has 118 valence electrons. The van der Waals surface area contributed by atoms with E-state index < -0.39 is 0 Å². The smallest absolute Gasteiger partial charge is 0.0716 e. The average Bonchev–Trinajstić information content (AvgIpc) is 2.50. The van der Waals surface area contributed by atoms with Crippen LogP contribution in [0.4, 0.5) is 0 Å². The minimum Gasteiger partial charge on any atom is -0.380 e. The van der Waals surface area contributed by atoms with Gasteiger partial charge in [0.15, 0.2) is 0 Å². The van der Waals surface area contributed by atoms with Crippen molar-refractivity contribution in [3.63, 3.8) is 0 Å². The Morgan fingerprint density at radius 1 is 1.10 bits per heavy atom. The number of nitrogens with zero attached hydrogens (tertiary/aromatic N) is 1. The number of hydrogen-bond donors (Lipinski definition) is 1. The predicted octanol–water partition coefficient (Wildman–Crippen LogP) is 3.19. The number of likely N-dealkylation sites (N-methyl/N-ethyl adjacent to an activating group) is 1. The molecule has 1 aromatic rings. The predicted molar refractivity (Wildman–Crippen MR) is 88.4 cm³/mol. The molecular formula is C18H30N2O. The van der Waals surface area contributed by atoms with Gasteiger partial charge in [-0.1, -0.05) is 43.5 Å². The molecule has 3 heteroatoms. The second-order valence-electron chi connectivity index (χ2n) is 6.48. The standard InChI is InChI=1S/C18H30N2O/c1-20(2)18(11-7-4-8-12-18)15-19-13-16-9-5-6-10-17(16)14-21-3/h5-6,9-10,19H,4,7-8,11-15H2,1-3H3. The van der Waals surface area contributed by atoms with Crippen LogP contribution in [0.5, 0.6) is 0 Å². The Morgan fingerprint density at radius 2 is 1.76 bits per heavy atom. The first-order valence-corrected chi connectivity index (χ1v) is 8.12. The monoisotopic (exact) mass is 290 g/mol. The molecule has 1 saturated carbocycles. The van der Waals surface area contributed by atoms with Crippen molar-refractivity contribution in [3.05, 3.63) is 35.4 Å². The average molecular weight is 290 g/mol. The van der Waals surface area contributed by atoms with E-state index in [2.05, 4.69) is 48.6 Å². The molecule has 1 aliphatic carbocycles. The molecule has 0 amide bonds. The van der Waals surface area contributed by atoms with Crippen molar-refractivity contribution in [1.29, 1.82) is 0 Å². The topological polar surface area (TPSA) is 24.5 Å². The highest BCUT2D eigenvalue weighted by molar-refractivity contribution is 5.26. The molecule has 0 radical (unpaired) electrons. The lowest BCUT2D eigenvalue weighted by Gasteiger charge is -2.43. The molecule has 0 unspecified atom stereocenters. The van der Waals surface area contributed by atoms with Crippen LogP contribution in [0.2, 0.25) is 0 Å². The summed E-state index contributed by atoms with van der Waals surface area (Å²) >= 11 is 0. The van der Waals surface area contributed by atoms with Crippen molar-refractivity contribution in [2.24, 2.45) is 0 Å². The third-order valence-electron chi connectivity index (χ3n) is 4.92. The molecule has 0 heterocycles. The lowest BCUT2D eigenvalue weighted by atomic mass is 9.80. The molecule has 0 saturated heterocycles. The fraction of sp³-hybridized carbons (Fsp3) is 0.667. The zero-order valence-corrected chi connectivity index (χ0v) is 13.8. The van der Waals surface area contributed by atoms with Crippen LogP contribution < -0.4 is 5.32 Å². The highest BCUT2D eigenvalue weighted by atomic mass is 16.5. The third-order valence-corrected chi connectivity index (χ3v) is 4.92. The van der Waals surface area contributed by atoms with Crippen LogP contribution in [0.3, 0.4) is 0 Å². The first-order valence-electron chi connectivity index (χ1n) is 8.12. The Bertz CT molecular complexity index is 425. The van der Waals surface area contributed by atoms with E-state index in [1.165, 1.54) is 43.2 Å². The van der Waals surface area contributed by atoms with Gasteiger partial charge in [-0.15, -0.1) is 0 Å². The largest absolute Gasteiger partial charge is 0.380 e. The molecule has 1 fully saturated rings. The second-order valence-corrected chi connectivity index (χ2v) is 6.48. The van der Waals surface area contributed by atoms with E-state index in [4.69, 9.17) is 4.74 Å². The Balaban J connectivity index is 1.93. The maximum atomic E-state index is 5.29. The Kier molecular flexibility index (Phi) is 6.22. The third kappa shape index (κ3) is 4.29. The number of ether oxygens (including phenoxy) is 1. The second kappa shape index (κ2) is 7.92. The summed E-state index contributed by atoms with van der Waals surface area (Å²) in [7, 11) is 6.21. The minimum absolute atomic E-state index is 0.342. The van der Waals surface area contributed by atoms with Crippen molar-refractivity contribution in [2.75, 3.05) is 27.7 Å². The van der Waals surface area contributed by atoms with Gasteiger partial charge in [0, 0.05) is 25.7 Å². The summed E-state index contributed by atoms with van der Waals surface area (Å²) in [6.07, 6.45) is 6.74. The summed E-state index contributed by atoms with van der Waals surface area (Å²) in [5, 5.41) is 3.70. The van der Waals surface area contributed by atoms with Crippen LogP contribution >= 0.6 is 0 Å². The van der Waals surface area contributed by atoms with Crippen molar-refractivity contribution in [1.82, 2.24) is 10.2 Å². The van der Waals surface area contributed by atoms with Gasteiger partial charge in [0.05, 0.1) is 6.61 Å². The van der Waals surface area contributed by atoms with E-state index in [1.54, 1.807) is 7.11 Å². The fourth-order valence-electron chi connectivity index (χ4n) is 3.45. The molecule has 1 aliphatic rings. The summed E-state index contributed by atoms with van der Waals surface area (Å²) in [6.45, 7) is 2.69. The molecule has 1 aromatic carbocycles. The normalized spacial score (nSPS) is 18.1. The number of methoxy groups -OCH3 is 1. The maximum absolute atomic E-state index is 5.29. The van der Waals surface area contributed by atoms with Gasteiger partial charge < -0.3 is 15.0 Å². The van der Waals surface area contributed by atoms with Crippen LogP contribution in [-0.4, -0.2) is 38.2 Å². The van der Waals surface area contributed by atoms with E-state index in [9.17, 15) is 0 Å². The molecule has 0 spiro atoms. The van der Waals surface area contributed by atoms with Crippen LogP contribution in [0.25, 0.3) is 0 Å². The first kappa shape index (κ1) is 16.5. The highest BCUT2D eigenvalue weighted by Gasteiger charge is 2.33. The molecule has 0 aromatic heterocycles. The lowest BCUT2D eigenvalue weighted by molar-refractivity contribution is 0.0983. The number of benzene rings is 1. The Labute approximate surface area is 129 Å². The number of rotatable bonds is 7. The van der Waals surface area contributed by atoms with E-state index >= 15 is 0 Å². The number of nitrogens with one attached hydrogen (secondary N) is 1. The quantitative estimate of drug-likeness (QED) is 0.834. The minimum atomic E-state index is 0.342. The van der Waals surface area contributed by atoms with Crippen LogP contribution in [0, 0.1) is 0 Å². The molecule has 0 atom stereocenters. The van der Waals surface area contributed by atoms with E-state index in [1.807, 2.05) is 0 Å². The van der Waals surface area contributed by atoms with Gasteiger partial charge in [0.2, 0.25) is 0 Å². The van der Waals surface area contributed by atoms with Crippen molar-refractivity contribution >= 4 is 0 Å². The van der Waals surface area contributed by atoms with Gasteiger partial charge >= 0.3 is 0 Å². The fourth-order valence-corrected chi connectivity index (χ4v) is 3.45. The van der Waals surface area contributed by atoms with Crippen molar-refractivity contribution in [3.8, 4) is 0 Å². The van der Waals surface area contributed by atoms with Gasteiger partial charge in [-0.05, 0) is 38.1 Å². The molecular weight excluding hydrogens is 260 g/mol. The van der Waals surface area contributed by atoms with Gasteiger partial charge in [-0.2, -0.15) is 0 Å². The lowest BCUT2D eigenvalue weighted by Crippen LogP contribution is -2.52. The zero-order valence-electron chi connectivity index (χ0n) is 13.8. The molecule has 2 rings (SSSR count). The molecule has 1 N–H and O–H groups in total. The Morgan fingerprint density at radius 3 is 2.38 bits per heavy atom. The summed E-state index contributed by atoms with van der Waals surface area (Å²) in [6, 6.07) is 8.55. The van der Waals surface area contributed by atoms with Crippen LogP contribution in [0.1, 0.15) is 43.2 Å². The van der Waals surface area contributed by atoms with Crippen molar-refractivity contribution < 1.29 is 4.74 Å². The molecule has 3 nitrogen and oxygen atoms in total. The maximum Gasteiger partial charge on any atom is 0.0716 e. The molecule has 21 heavy (non-hydrogen) atoms. The summed E-state index contributed by atoms with van der Waals surface area (Å²) < 4.78 is 5.29. The Hall–Kier alpha value is -0.900. The van der Waals surface area contributed by atoms with E-state index in [0.717, 1.165) is 13.1 Å². The van der Waals surface area contributed by atoms with Gasteiger partial charge in [0.1, 0.15) is 0 Å². The van der Waals surface area contributed by atoms with Gasteiger partial charge in [-0.3, -0.25) is 0 Å². The van der Waals surface area contributed by atoms with Crippen LogP contribution in [0.15, 0.2) is 24.3 Å². The SMILES string of the molecule is COCc1ccccc1CNCC1(N(C)C)CCCCC1. The summed E-state index contributed by atoms with van der Waals surface area (Å²) in [5.74, 6) is 0. The summed E-state index contributed by atoms with van der Waals surface area (Å²) in [5.41, 5.74) is 2.98.